The third-order valence-corrected chi connectivity index (χ3v) is 2.70. The monoisotopic (exact) mass is 216 g/mol. The molecule has 0 rings (SSSR count). The summed E-state index contributed by atoms with van der Waals surface area (Å²) in [6.45, 7) is 10.9. The Kier molecular flexibility index (Phi) is 4.49. The summed E-state index contributed by atoms with van der Waals surface area (Å²) < 4.78 is 0. The average Bonchev–Trinajstić information content (AvgIpc) is 1.99. The Balaban J connectivity index is 4.83. The minimum absolute atomic E-state index is 0.174. The molecule has 0 aliphatic heterocycles. The smallest absolute Gasteiger partial charge is 0.166 e. The maximum atomic E-state index is 11.9. The zero-order valence-corrected chi connectivity index (χ0v) is 10.7. The Labute approximate surface area is 92.5 Å². The van der Waals surface area contributed by atoms with Gasteiger partial charge < -0.3 is 10.2 Å². The summed E-state index contributed by atoms with van der Waals surface area (Å²) >= 11 is 0. The van der Waals surface area contributed by atoms with Crippen molar-refractivity contribution in [3.8, 4) is 0 Å². The molecule has 15 heavy (non-hydrogen) atoms. The standard InChI is InChI=1S/C12H24O3/c1-11(2,3)8(7-13)9(14)10(15)12(4,5)6/h8-9,13-14H,7H2,1-6H3/t8-,9-/m1/s1. The lowest BCUT2D eigenvalue weighted by Crippen LogP contribution is -2.44. The minimum atomic E-state index is -1.09. The lowest BCUT2D eigenvalue weighted by Gasteiger charge is -2.34. The van der Waals surface area contributed by atoms with Crippen LogP contribution in [-0.4, -0.2) is 28.7 Å². The summed E-state index contributed by atoms with van der Waals surface area (Å²) in [5.74, 6) is -0.624. The Morgan fingerprint density at radius 1 is 1.13 bits per heavy atom. The Morgan fingerprint density at radius 3 is 1.73 bits per heavy atom. The Bertz CT molecular complexity index is 220. The Morgan fingerprint density at radius 2 is 1.53 bits per heavy atom. The number of hydrogen-bond acceptors (Lipinski definition) is 3. The predicted molar refractivity (Wildman–Crippen MR) is 60.5 cm³/mol. The molecule has 2 atom stereocenters. The lowest BCUT2D eigenvalue weighted by atomic mass is 9.73. The van der Waals surface area contributed by atoms with Gasteiger partial charge in [-0.3, -0.25) is 4.79 Å². The number of hydrogen-bond donors (Lipinski definition) is 2. The number of carbonyl (C=O) groups is 1. The van der Waals surface area contributed by atoms with Crippen molar-refractivity contribution in [2.45, 2.75) is 47.6 Å². The highest BCUT2D eigenvalue weighted by atomic mass is 16.3. The van der Waals surface area contributed by atoms with Gasteiger partial charge in [0.1, 0.15) is 6.10 Å². The molecule has 3 nitrogen and oxygen atoms in total. The molecule has 90 valence electrons. The molecule has 0 unspecified atom stereocenters. The zero-order chi connectivity index (χ0) is 12.4. The number of carbonyl (C=O) groups excluding carboxylic acids is 1. The van der Waals surface area contributed by atoms with Gasteiger partial charge >= 0.3 is 0 Å². The van der Waals surface area contributed by atoms with Crippen LogP contribution in [0.4, 0.5) is 0 Å². The van der Waals surface area contributed by atoms with Gasteiger partial charge in [0.15, 0.2) is 5.78 Å². The molecule has 0 spiro atoms. The quantitative estimate of drug-likeness (QED) is 0.753. The van der Waals surface area contributed by atoms with Crippen LogP contribution in [0.5, 0.6) is 0 Å². The van der Waals surface area contributed by atoms with Crippen molar-refractivity contribution in [2.24, 2.45) is 16.7 Å². The SMILES string of the molecule is CC(C)(C)C(=O)[C@H](O)[C@@H](CO)C(C)(C)C. The molecular formula is C12H24O3. The molecule has 0 aliphatic carbocycles. The second-order valence-electron chi connectivity index (χ2n) is 6.21. The molecule has 3 heteroatoms. The third-order valence-electron chi connectivity index (χ3n) is 2.70. The molecule has 0 saturated heterocycles. The number of aliphatic hydroxyl groups excluding tert-OH is 2. The van der Waals surface area contributed by atoms with Crippen LogP contribution in [-0.2, 0) is 4.79 Å². The van der Waals surface area contributed by atoms with Crippen molar-refractivity contribution in [3.63, 3.8) is 0 Å². The topological polar surface area (TPSA) is 57.5 Å². The van der Waals surface area contributed by atoms with Crippen LogP contribution >= 0.6 is 0 Å². The van der Waals surface area contributed by atoms with Crippen LogP contribution in [0.25, 0.3) is 0 Å². The molecule has 0 aromatic heterocycles. The molecule has 0 saturated carbocycles. The first-order chi connectivity index (χ1) is 6.51. The van der Waals surface area contributed by atoms with Crippen LogP contribution in [0.3, 0.4) is 0 Å². The second kappa shape index (κ2) is 4.62. The molecule has 0 heterocycles. The minimum Gasteiger partial charge on any atom is -0.396 e. The first-order valence-electron chi connectivity index (χ1n) is 5.35. The Hall–Kier alpha value is -0.410. The van der Waals surface area contributed by atoms with Crippen LogP contribution in [0.2, 0.25) is 0 Å². The van der Waals surface area contributed by atoms with E-state index >= 15 is 0 Å². The van der Waals surface area contributed by atoms with Crippen LogP contribution < -0.4 is 0 Å². The fraction of sp³-hybridized carbons (Fsp3) is 0.917. The van der Waals surface area contributed by atoms with Crippen LogP contribution in [0.15, 0.2) is 0 Å². The van der Waals surface area contributed by atoms with E-state index in [1.807, 2.05) is 20.8 Å². The lowest BCUT2D eigenvalue weighted by molar-refractivity contribution is -0.141. The van der Waals surface area contributed by atoms with Gasteiger partial charge in [0.05, 0.1) is 0 Å². The molecule has 0 amide bonds. The molecule has 0 fully saturated rings. The van der Waals surface area contributed by atoms with Crippen molar-refractivity contribution in [2.75, 3.05) is 6.61 Å². The van der Waals surface area contributed by atoms with E-state index in [0.717, 1.165) is 0 Å². The normalized spacial score (nSPS) is 17.3. The van der Waals surface area contributed by atoms with Crippen molar-refractivity contribution < 1.29 is 15.0 Å². The van der Waals surface area contributed by atoms with Gasteiger partial charge in [0, 0.05) is 17.9 Å². The van der Waals surface area contributed by atoms with Gasteiger partial charge in [-0.25, -0.2) is 0 Å². The highest BCUT2D eigenvalue weighted by Gasteiger charge is 2.38. The van der Waals surface area contributed by atoms with E-state index in [4.69, 9.17) is 0 Å². The number of Topliss-reactive ketones (excluding diaryl/α,β-unsaturated/α-hetero) is 1. The molecule has 0 aromatic rings. The molecular weight excluding hydrogens is 192 g/mol. The molecule has 0 radical (unpaired) electrons. The van der Waals surface area contributed by atoms with Gasteiger partial charge in [-0.15, -0.1) is 0 Å². The van der Waals surface area contributed by atoms with E-state index in [9.17, 15) is 15.0 Å². The summed E-state index contributed by atoms with van der Waals surface area (Å²) in [6.07, 6.45) is -1.09. The van der Waals surface area contributed by atoms with Crippen LogP contribution in [0.1, 0.15) is 41.5 Å². The van der Waals surface area contributed by atoms with E-state index in [0.29, 0.717) is 0 Å². The van der Waals surface area contributed by atoms with E-state index in [1.54, 1.807) is 20.8 Å². The van der Waals surface area contributed by atoms with Crippen LogP contribution in [0, 0.1) is 16.7 Å². The summed E-state index contributed by atoms with van der Waals surface area (Å²) in [7, 11) is 0. The van der Waals surface area contributed by atoms with Crippen molar-refractivity contribution in [1.82, 2.24) is 0 Å². The highest BCUT2D eigenvalue weighted by Crippen LogP contribution is 2.31. The summed E-state index contributed by atoms with van der Waals surface area (Å²) in [5.41, 5.74) is -0.854. The maximum Gasteiger partial charge on any atom is 0.166 e. The molecule has 0 bridgehead atoms. The van der Waals surface area contributed by atoms with E-state index < -0.39 is 17.4 Å². The average molecular weight is 216 g/mol. The van der Waals surface area contributed by atoms with E-state index in [2.05, 4.69) is 0 Å². The first kappa shape index (κ1) is 14.6. The van der Waals surface area contributed by atoms with Crippen molar-refractivity contribution in [3.05, 3.63) is 0 Å². The summed E-state index contributed by atoms with van der Waals surface area (Å²) in [6, 6.07) is 0. The fourth-order valence-electron chi connectivity index (χ4n) is 1.47. The maximum absolute atomic E-state index is 11.9. The van der Waals surface area contributed by atoms with E-state index in [-0.39, 0.29) is 17.8 Å². The molecule has 2 N–H and O–H groups in total. The van der Waals surface area contributed by atoms with E-state index in [1.165, 1.54) is 0 Å². The first-order valence-corrected chi connectivity index (χ1v) is 5.35. The predicted octanol–water partition coefficient (Wildman–Crippen LogP) is 1.62. The number of ketones is 1. The van der Waals surface area contributed by atoms with Gasteiger partial charge in [-0.2, -0.15) is 0 Å². The van der Waals surface area contributed by atoms with Gasteiger partial charge in [0.25, 0.3) is 0 Å². The highest BCUT2D eigenvalue weighted by molar-refractivity contribution is 5.88. The third kappa shape index (κ3) is 3.92. The summed E-state index contributed by atoms with van der Waals surface area (Å²) in [5, 5.41) is 19.2. The van der Waals surface area contributed by atoms with Gasteiger partial charge in [-0.05, 0) is 5.41 Å². The van der Waals surface area contributed by atoms with Gasteiger partial charge in [-0.1, -0.05) is 41.5 Å². The largest absolute Gasteiger partial charge is 0.396 e. The fourth-order valence-corrected chi connectivity index (χ4v) is 1.47. The molecule has 0 aromatic carbocycles. The zero-order valence-electron chi connectivity index (χ0n) is 10.7. The molecule has 0 aliphatic rings. The second-order valence-corrected chi connectivity index (χ2v) is 6.21. The number of aliphatic hydroxyl groups is 2. The van der Waals surface area contributed by atoms with Crippen molar-refractivity contribution in [1.29, 1.82) is 0 Å². The number of rotatable bonds is 3. The summed E-state index contributed by atoms with van der Waals surface area (Å²) in [4.78, 5) is 11.9. The van der Waals surface area contributed by atoms with Crippen molar-refractivity contribution >= 4 is 5.78 Å². The van der Waals surface area contributed by atoms with Gasteiger partial charge in [0.2, 0.25) is 0 Å².